The van der Waals surface area contributed by atoms with E-state index in [0.717, 1.165) is 29.2 Å². The zero-order valence-corrected chi connectivity index (χ0v) is 16.2. The molecule has 0 aliphatic carbocycles. The normalized spacial score (nSPS) is 14.1. The van der Waals surface area contributed by atoms with E-state index >= 15 is 0 Å². The Morgan fingerprint density at radius 3 is 2.44 bits per heavy atom. The molecule has 0 aliphatic heterocycles. The number of nitrogens with zero attached hydrogens (tertiary/aromatic N) is 1. The fourth-order valence-corrected chi connectivity index (χ4v) is 3.51. The largest absolute Gasteiger partial charge is 0.317 e. The van der Waals surface area contributed by atoms with Gasteiger partial charge in [0.15, 0.2) is 9.84 Å². The summed E-state index contributed by atoms with van der Waals surface area (Å²) < 4.78 is 52.0. The van der Waals surface area contributed by atoms with Gasteiger partial charge in [0.25, 0.3) is 5.56 Å². The summed E-state index contributed by atoms with van der Waals surface area (Å²) in [6.45, 7) is 1.05. The lowest BCUT2D eigenvalue weighted by molar-refractivity contribution is 0.153. The van der Waals surface area contributed by atoms with Crippen molar-refractivity contribution in [2.45, 2.75) is 24.6 Å². The number of pyridine rings is 1. The van der Waals surface area contributed by atoms with Crippen molar-refractivity contribution in [2.24, 2.45) is 0 Å². The highest BCUT2D eigenvalue weighted by molar-refractivity contribution is 7.92. The molecule has 2 rings (SSSR count). The molecule has 0 amide bonds. The number of rotatable bonds is 7. The van der Waals surface area contributed by atoms with Gasteiger partial charge in [0.1, 0.15) is 11.6 Å². The van der Waals surface area contributed by atoms with Crippen molar-refractivity contribution in [3.05, 3.63) is 57.5 Å². The van der Waals surface area contributed by atoms with Crippen LogP contribution in [0.15, 0.2) is 35.3 Å². The first-order valence-electron chi connectivity index (χ1n) is 7.90. The maximum atomic E-state index is 14.5. The second kappa shape index (κ2) is 8.05. The highest BCUT2D eigenvalue weighted by Gasteiger charge is 2.35. The van der Waals surface area contributed by atoms with Gasteiger partial charge in [-0.2, -0.15) is 0 Å². The number of hydrogen-bond donors (Lipinski definition) is 2. The number of nitrogens with one attached hydrogen (secondary N) is 1. The van der Waals surface area contributed by atoms with Gasteiger partial charge in [0, 0.05) is 47.8 Å². The van der Waals surface area contributed by atoms with Crippen LogP contribution in [0.1, 0.15) is 13.3 Å². The van der Waals surface area contributed by atoms with Crippen LogP contribution in [-0.2, 0) is 16.4 Å². The Morgan fingerprint density at radius 1 is 1.22 bits per heavy atom. The van der Waals surface area contributed by atoms with Crippen molar-refractivity contribution in [3.63, 3.8) is 0 Å². The topological polar surface area (TPSA) is 88.4 Å². The number of halogens is 3. The fraction of sp³-hybridized carbons (Fsp3) is 0.353. The second-order valence-corrected chi connectivity index (χ2v) is 9.46. The van der Waals surface area contributed by atoms with Gasteiger partial charge in [-0.05, 0) is 31.5 Å². The molecule has 2 N–H and O–H groups in total. The number of hydroxylamine groups is 1. The first kappa shape index (κ1) is 21.5. The second-order valence-electron chi connectivity index (χ2n) is 6.50. The van der Waals surface area contributed by atoms with Crippen LogP contribution in [0.25, 0.3) is 11.1 Å². The summed E-state index contributed by atoms with van der Waals surface area (Å²) in [6, 6.07) is 4.61. The monoisotopic (exact) mass is 420 g/mol. The van der Waals surface area contributed by atoms with Crippen LogP contribution >= 0.6 is 11.6 Å². The van der Waals surface area contributed by atoms with E-state index in [1.54, 1.807) is 0 Å². The molecule has 6 nitrogen and oxygen atoms in total. The highest BCUT2D eigenvalue weighted by atomic mass is 35.5. The molecule has 0 saturated carbocycles. The smallest absolute Gasteiger partial charge is 0.251 e. The molecule has 1 aromatic heterocycles. The Hall–Kier alpha value is -1.81. The summed E-state index contributed by atoms with van der Waals surface area (Å²) in [7, 11) is -3.57. The summed E-state index contributed by atoms with van der Waals surface area (Å²) in [5.41, 5.74) is 0.889. The number of benzene rings is 1. The zero-order valence-electron chi connectivity index (χ0n) is 14.7. The average molecular weight is 421 g/mol. The van der Waals surface area contributed by atoms with Crippen LogP contribution < -0.4 is 11.0 Å². The van der Waals surface area contributed by atoms with E-state index < -0.39 is 31.8 Å². The van der Waals surface area contributed by atoms with Gasteiger partial charge in [-0.15, -0.1) is 0 Å². The Bertz CT molecular complexity index is 1010. The van der Waals surface area contributed by atoms with Crippen molar-refractivity contribution in [3.8, 4) is 11.1 Å². The molecule has 0 bridgehead atoms. The number of hydrogen-bond acceptors (Lipinski definition) is 5. The molecule has 1 aromatic carbocycles. The molecule has 0 spiro atoms. The molecule has 0 fully saturated rings. The zero-order chi connectivity index (χ0) is 20.4. The summed E-state index contributed by atoms with van der Waals surface area (Å²) in [6.07, 6.45) is 1.87. The molecule has 0 saturated heterocycles. The minimum atomic E-state index is -3.57. The number of aromatic nitrogens is 1. The van der Waals surface area contributed by atoms with Gasteiger partial charge in [-0.3, -0.25) is 4.79 Å². The molecular formula is C17H19ClF2N2O4S. The van der Waals surface area contributed by atoms with Crippen molar-refractivity contribution in [1.82, 2.24) is 10.0 Å². The predicted molar refractivity (Wildman–Crippen MR) is 98.7 cm³/mol. The standard InChI is InChI=1S/C17H19ClF2N2O4S/c1-17(10-21-24,27(2,25)26)5-6-22-9-15(20)13(8-16(22)23)12-4-3-11(18)7-14(12)19/h3-4,7-9,21,24H,5-6,10H2,1-2H3/t17-/m1/s1. The summed E-state index contributed by atoms with van der Waals surface area (Å²) >= 11 is 5.68. The van der Waals surface area contributed by atoms with Gasteiger partial charge >= 0.3 is 0 Å². The molecule has 148 valence electrons. The van der Waals surface area contributed by atoms with E-state index in [1.165, 1.54) is 19.1 Å². The van der Waals surface area contributed by atoms with Crippen molar-refractivity contribution in [1.29, 1.82) is 0 Å². The van der Waals surface area contributed by atoms with Crippen LogP contribution in [0.3, 0.4) is 0 Å². The SMILES string of the molecule is C[C@@](CCn1cc(F)c(-c2ccc(Cl)cc2F)cc1=O)(CNO)S(C)(=O)=O. The van der Waals surface area contributed by atoms with Crippen molar-refractivity contribution in [2.75, 3.05) is 12.8 Å². The minimum Gasteiger partial charge on any atom is -0.317 e. The van der Waals surface area contributed by atoms with Gasteiger partial charge < -0.3 is 9.77 Å². The molecule has 0 aliphatic rings. The van der Waals surface area contributed by atoms with Crippen molar-refractivity contribution >= 4 is 21.4 Å². The average Bonchev–Trinajstić information content (AvgIpc) is 2.55. The lowest BCUT2D eigenvalue weighted by Crippen LogP contribution is -2.44. The Morgan fingerprint density at radius 2 is 1.89 bits per heavy atom. The van der Waals surface area contributed by atoms with E-state index in [1.807, 2.05) is 5.48 Å². The number of sulfone groups is 1. The third-order valence-electron chi connectivity index (χ3n) is 4.53. The van der Waals surface area contributed by atoms with Crippen LogP contribution in [0.5, 0.6) is 0 Å². The van der Waals surface area contributed by atoms with E-state index in [2.05, 4.69) is 0 Å². The van der Waals surface area contributed by atoms with E-state index in [-0.39, 0.29) is 35.7 Å². The van der Waals surface area contributed by atoms with Gasteiger partial charge in [0.05, 0.1) is 4.75 Å². The third kappa shape index (κ3) is 4.73. The maximum absolute atomic E-state index is 14.5. The van der Waals surface area contributed by atoms with E-state index in [0.29, 0.717) is 0 Å². The predicted octanol–water partition coefficient (Wildman–Crippen LogP) is 2.62. The highest BCUT2D eigenvalue weighted by Crippen LogP contribution is 2.27. The fourth-order valence-electron chi connectivity index (χ4n) is 2.56. The van der Waals surface area contributed by atoms with E-state index in [9.17, 15) is 22.0 Å². The molecule has 0 unspecified atom stereocenters. The summed E-state index contributed by atoms with van der Waals surface area (Å²) in [5.74, 6) is -1.60. The van der Waals surface area contributed by atoms with Crippen molar-refractivity contribution < 1.29 is 22.4 Å². The molecule has 0 radical (unpaired) electrons. The first-order valence-corrected chi connectivity index (χ1v) is 10.2. The lowest BCUT2D eigenvalue weighted by atomic mass is 10.1. The molecule has 2 aromatic rings. The van der Waals surface area contributed by atoms with Crippen LogP contribution in [-0.4, -0.2) is 35.7 Å². The Balaban J connectivity index is 2.36. The summed E-state index contributed by atoms with van der Waals surface area (Å²) in [5, 5.41) is 9.02. The van der Waals surface area contributed by atoms with Gasteiger partial charge in [0.2, 0.25) is 0 Å². The third-order valence-corrected chi connectivity index (χ3v) is 6.90. The van der Waals surface area contributed by atoms with Crippen LogP contribution in [0.2, 0.25) is 5.02 Å². The van der Waals surface area contributed by atoms with Crippen LogP contribution in [0.4, 0.5) is 8.78 Å². The molecule has 1 atom stereocenters. The first-order chi connectivity index (χ1) is 12.5. The molecule has 10 heteroatoms. The maximum Gasteiger partial charge on any atom is 0.251 e. The van der Waals surface area contributed by atoms with Gasteiger partial charge in [-0.1, -0.05) is 11.6 Å². The molecule has 1 heterocycles. The Labute approximate surface area is 160 Å². The molecule has 27 heavy (non-hydrogen) atoms. The quantitative estimate of drug-likeness (QED) is 0.672. The van der Waals surface area contributed by atoms with E-state index in [4.69, 9.17) is 16.8 Å². The van der Waals surface area contributed by atoms with Crippen LogP contribution in [0, 0.1) is 11.6 Å². The Kier molecular flexibility index (Phi) is 6.41. The number of aryl methyl sites for hydroxylation is 1. The minimum absolute atomic E-state index is 0.0482. The molecular weight excluding hydrogens is 402 g/mol. The summed E-state index contributed by atoms with van der Waals surface area (Å²) in [4.78, 5) is 12.3. The lowest BCUT2D eigenvalue weighted by Gasteiger charge is -2.27. The van der Waals surface area contributed by atoms with Gasteiger partial charge in [-0.25, -0.2) is 22.7 Å².